The van der Waals surface area contributed by atoms with Crippen molar-refractivity contribution in [2.24, 2.45) is 12.5 Å². The van der Waals surface area contributed by atoms with E-state index >= 15 is 0 Å². The van der Waals surface area contributed by atoms with Gasteiger partial charge in [0.15, 0.2) is 5.65 Å². The van der Waals surface area contributed by atoms with Crippen molar-refractivity contribution >= 4 is 17.3 Å². The van der Waals surface area contributed by atoms with Crippen LogP contribution in [0.5, 0.6) is 0 Å². The van der Waals surface area contributed by atoms with E-state index in [2.05, 4.69) is 27.7 Å². The van der Waals surface area contributed by atoms with E-state index in [1.54, 1.807) is 11.6 Å². The van der Waals surface area contributed by atoms with Crippen molar-refractivity contribution in [3.8, 4) is 0 Å². The molecule has 0 radical (unpaired) electrons. The number of likely N-dealkylation sites (tertiary alicyclic amines) is 1. The Morgan fingerprint density at radius 2 is 1.87 bits per heavy atom. The van der Waals surface area contributed by atoms with E-state index in [9.17, 15) is 9.59 Å². The summed E-state index contributed by atoms with van der Waals surface area (Å²) in [6.45, 7) is 15.4. The second-order valence-corrected chi connectivity index (χ2v) is 10.8. The summed E-state index contributed by atoms with van der Waals surface area (Å²) in [6.07, 6.45) is 1.41. The molecule has 1 amide bonds. The fourth-order valence-electron chi connectivity index (χ4n) is 4.17. The smallest absolute Gasteiger partial charge is 0.410 e. The number of rotatable bonds is 2. The molecule has 3 rings (SSSR count). The number of piperidine rings is 1. The van der Waals surface area contributed by atoms with Gasteiger partial charge in [-0.1, -0.05) is 20.8 Å². The molecule has 1 aliphatic rings. The van der Waals surface area contributed by atoms with Crippen molar-refractivity contribution in [2.45, 2.75) is 85.4 Å². The Morgan fingerprint density at radius 3 is 2.43 bits per heavy atom. The molecule has 7 heteroatoms. The van der Waals surface area contributed by atoms with E-state index < -0.39 is 5.60 Å². The molecule has 0 N–H and O–H groups in total. The molecule has 166 valence electrons. The molecular weight excluding hydrogens is 380 g/mol. The number of nitrogens with zero attached hydrogens (tertiary/aromatic N) is 4. The molecule has 1 aliphatic heterocycles. The fourth-order valence-corrected chi connectivity index (χ4v) is 4.17. The summed E-state index contributed by atoms with van der Waals surface area (Å²) in [7, 11) is 1.79. The summed E-state index contributed by atoms with van der Waals surface area (Å²) in [4.78, 5) is 32.0. The summed E-state index contributed by atoms with van der Waals surface area (Å²) in [5, 5.41) is 0. The van der Waals surface area contributed by atoms with Crippen LogP contribution in [0.3, 0.4) is 0 Å². The first-order valence-electron chi connectivity index (χ1n) is 10.8. The first kappa shape index (κ1) is 22.4. The highest BCUT2D eigenvalue weighted by Crippen LogP contribution is 2.32. The minimum Gasteiger partial charge on any atom is -0.444 e. The summed E-state index contributed by atoms with van der Waals surface area (Å²) in [5.41, 5.74) is 2.06. The molecule has 2 aromatic heterocycles. The van der Waals surface area contributed by atoms with Crippen molar-refractivity contribution in [1.82, 2.24) is 19.0 Å². The van der Waals surface area contributed by atoms with Crippen molar-refractivity contribution in [1.29, 1.82) is 0 Å². The second kappa shape index (κ2) is 7.75. The van der Waals surface area contributed by atoms with Gasteiger partial charge in [-0.05, 0) is 58.1 Å². The Labute approximate surface area is 179 Å². The van der Waals surface area contributed by atoms with Gasteiger partial charge >= 0.3 is 11.8 Å². The van der Waals surface area contributed by atoms with E-state index in [4.69, 9.17) is 9.72 Å². The number of imidazole rings is 1. The lowest BCUT2D eigenvalue weighted by atomic mass is 9.89. The highest BCUT2D eigenvalue weighted by molar-refractivity contribution is 5.72. The molecule has 0 bridgehead atoms. The molecule has 1 saturated heterocycles. The average Bonchev–Trinajstić information content (AvgIpc) is 2.83. The van der Waals surface area contributed by atoms with Crippen LogP contribution in [-0.4, -0.2) is 43.3 Å². The number of aromatic nitrogens is 3. The number of carbonyl (C=O) groups is 1. The quantitative estimate of drug-likeness (QED) is 0.732. The summed E-state index contributed by atoms with van der Waals surface area (Å²) < 4.78 is 9.01. The summed E-state index contributed by atoms with van der Waals surface area (Å²) in [5.74, 6) is 0.254. The lowest BCUT2D eigenvalue weighted by Crippen LogP contribution is -2.46. The van der Waals surface area contributed by atoms with Crippen LogP contribution in [-0.2, 0) is 18.3 Å². The van der Waals surface area contributed by atoms with E-state index in [1.165, 1.54) is 0 Å². The molecule has 0 spiro atoms. The van der Waals surface area contributed by atoms with Crippen LogP contribution in [0.2, 0.25) is 0 Å². The fraction of sp³-hybridized carbons (Fsp3) is 0.696. The maximum absolute atomic E-state index is 12.8. The zero-order valence-corrected chi connectivity index (χ0v) is 19.7. The maximum atomic E-state index is 12.8. The Balaban J connectivity index is 1.82. The van der Waals surface area contributed by atoms with Gasteiger partial charge in [-0.2, -0.15) is 0 Å². The Morgan fingerprint density at radius 1 is 1.20 bits per heavy atom. The van der Waals surface area contributed by atoms with E-state index in [0.717, 1.165) is 29.7 Å². The molecule has 30 heavy (non-hydrogen) atoms. The minimum absolute atomic E-state index is 0.000700. The topological polar surface area (TPSA) is 69.4 Å². The first-order chi connectivity index (χ1) is 13.8. The number of amides is 1. The maximum Gasteiger partial charge on any atom is 0.410 e. The molecule has 2 aromatic rings. The SMILES string of the molecule is CC1CC(c2ccc3c(n2)n(C)c(=O)n3CC(C)(C)C)CCN1C(=O)OC(C)(C)C. The number of ether oxygens (including phenoxy) is 1. The van der Waals surface area contributed by atoms with Gasteiger partial charge < -0.3 is 9.64 Å². The van der Waals surface area contributed by atoms with Crippen molar-refractivity contribution in [3.63, 3.8) is 0 Å². The van der Waals surface area contributed by atoms with Crippen molar-refractivity contribution in [3.05, 3.63) is 28.3 Å². The second-order valence-electron chi connectivity index (χ2n) is 10.8. The van der Waals surface area contributed by atoms with E-state index in [-0.39, 0.29) is 29.2 Å². The monoisotopic (exact) mass is 416 g/mol. The van der Waals surface area contributed by atoms with Crippen LogP contribution in [0.25, 0.3) is 11.2 Å². The Bertz CT molecular complexity index is 991. The molecule has 3 heterocycles. The standard InChI is InChI=1S/C23H36N4O3/c1-15-13-16(11-12-26(15)21(29)30-23(5,6)7)17-9-10-18-19(24-17)25(8)20(28)27(18)14-22(2,3)4/h9-10,15-16H,11-14H2,1-8H3. The Kier molecular flexibility index (Phi) is 5.78. The molecule has 0 aromatic carbocycles. The zero-order valence-electron chi connectivity index (χ0n) is 19.7. The van der Waals surface area contributed by atoms with Gasteiger partial charge in [0.25, 0.3) is 0 Å². The molecule has 0 saturated carbocycles. The third kappa shape index (κ3) is 4.71. The lowest BCUT2D eigenvalue weighted by Gasteiger charge is -2.38. The number of aryl methyl sites for hydroxylation is 1. The largest absolute Gasteiger partial charge is 0.444 e. The van der Waals surface area contributed by atoms with Crippen LogP contribution in [0.1, 0.15) is 72.9 Å². The van der Waals surface area contributed by atoms with Crippen LogP contribution in [0.4, 0.5) is 4.79 Å². The van der Waals surface area contributed by atoms with Gasteiger partial charge in [0.1, 0.15) is 5.60 Å². The third-order valence-corrected chi connectivity index (χ3v) is 5.56. The molecular formula is C23H36N4O3. The highest BCUT2D eigenvalue weighted by atomic mass is 16.6. The van der Waals surface area contributed by atoms with Crippen LogP contribution >= 0.6 is 0 Å². The molecule has 1 fully saturated rings. The predicted molar refractivity (Wildman–Crippen MR) is 119 cm³/mol. The zero-order chi connectivity index (χ0) is 22.4. The highest BCUT2D eigenvalue weighted by Gasteiger charge is 2.33. The van der Waals surface area contributed by atoms with Gasteiger partial charge in [0, 0.05) is 37.8 Å². The number of fused-ring (bicyclic) bond motifs is 1. The molecule has 7 nitrogen and oxygen atoms in total. The number of pyridine rings is 1. The number of hydrogen-bond donors (Lipinski definition) is 0. The van der Waals surface area contributed by atoms with Gasteiger partial charge in [-0.3, -0.25) is 9.13 Å². The summed E-state index contributed by atoms with van der Waals surface area (Å²) in [6, 6.07) is 4.14. The van der Waals surface area contributed by atoms with Crippen LogP contribution < -0.4 is 5.69 Å². The third-order valence-electron chi connectivity index (χ3n) is 5.56. The Hall–Kier alpha value is -2.31. The first-order valence-corrected chi connectivity index (χ1v) is 10.8. The van der Waals surface area contributed by atoms with Crippen LogP contribution in [0, 0.1) is 5.41 Å². The van der Waals surface area contributed by atoms with Gasteiger partial charge in [-0.25, -0.2) is 14.6 Å². The summed E-state index contributed by atoms with van der Waals surface area (Å²) >= 11 is 0. The van der Waals surface area contributed by atoms with Gasteiger partial charge in [-0.15, -0.1) is 0 Å². The normalized spacial score (nSPS) is 20.6. The van der Waals surface area contributed by atoms with E-state index in [1.807, 2.05) is 42.4 Å². The molecule has 2 unspecified atom stereocenters. The molecule has 0 aliphatic carbocycles. The number of carbonyl (C=O) groups excluding carboxylic acids is 1. The molecule has 2 atom stereocenters. The van der Waals surface area contributed by atoms with Crippen molar-refractivity contribution in [2.75, 3.05) is 6.54 Å². The van der Waals surface area contributed by atoms with Crippen molar-refractivity contribution < 1.29 is 9.53 Å². The van der Waals surface area contributed by atoms with E-state index in [0.29, 0.717) is 13.1 Å². The lowest BCUT2D eigenvalue weighted by molar-refractivity contribution is 0.0102. The van der Waals surface area contributed by atoms with Crippen LogP contribution in [0.15, 0.2) is 16.9 Å². The number of hydrogen-bond acceptors (Lipinski definition) is 4. The average molecular weight is 417 g/mol. The minimum atomic E-state index is -0.495. The van der Waals surface area contributed by atoms with Gasteiger partial charge in [0.2, 0.25) is 0 Å². The predicted octanol–water partition coefficient (Wildman–Crippen LogP) is 4.28. The van der Waals surface area contributed by atoms with Gasteiger partial charge in [0.05, 0.1) is 5.52 Å².